The van der Waals surface area contributed by atoms with Gasteiger partial charge in [-0.05, 0) is 32.1 Å². The standard InChI is InChI=1S/C41H80NO8P/c1-3-5-7-9-11-13-15-16-17-18-19-20-21-22-23-24-26-27-29-31-33-40(43)47-37-39(38-49-51(45,46)48-36-35-42)50-41(44)34-32-30-28-25-14-12-10-8-6-4-2/h8,10,39H,3-7,9,11-38,42H2,1-2H3,(H,45,46)/b10-8-. The van der Waals surface area contributed by atoms with Crippen LogP contribution in [0.2, 0.25) is 0 Å². The van der Waals surface area contributed by atoms with Gasteiger partial charge in [0.05, 0.1) is 13.2 Å². The van der Waals surface area contributed by atoms with Gasteiger partial charge in [0.2, 0.25) is 0 Å². The van der Waals surface area contributed by atoms with E-state index in [0.29, 0.717) is 6.42 Å². The monoisotopic (exact) mass is 746 g/mol. The van der Waals surface area contributed by atoms with Crippen LogP contribution < -0.4 is 5.73 Å². The first-order valence-corrected chi connectivity index (χ1v) is 22.7. The molecule has 2 unspecified atom stereocenters. The highest BCUT2D eigenvalue weighted by molar-refractivity contribution is 7.47. The molecule has 0 aliphatic carbocycles. The summed E-state index contributed by atoms with van der Waals surface area (Å²) in [5.74, 6) is -0.832. The molecule has 0 fully saturated rings. The Hall–Kier alpha value is -1.25. The number of phosphoric acid groups is 1. The Labute approximate surface area is 313 Å². The van der Waals surface area contributed by atoms with Crippen molar-refractivity contribution in [2.75, 3.05) is 26.4 Å². The first kappa shape index (κ1) is 49.8. The lowest BCUT2D eigenvalue weighted by atomic mass is 10.0. The van der Waals surface area contributed by atoms with Crippen LogP contribution in [0.3, 0.4) is 0 Å². The highest BCUT2D eigenvalue weighted by Crippen LogP contribution is 2.43. The van der Waals surface area contributed by atoms with Gasteiger partial charge in [-0.3, -0.25) is 18.6 Å². The van der Waals surface area contributed by atoms with Crippen LogP contribution in [0.4, 0.5) is 0 Å². The van der Waals surface area contributed by atoms with Crippen molar-refractivity contribution in [1.82, 2.24) is 0 Å². The molecule has 2 atom stereocenters. The van der Waals surface area contributed by atoms with E-state index in [4.69, 9.17) is 24.3 Å². The van der Waals surface area contributed by atoms with Crippen LogP contribution in [0.1, 0.15) is 206 Å². The predicted molar refractivity (Wildman–Crippen MR) is 211 cm³/mol. The third-order valence-electron chi connectivity index (χ3n) is 9.13. The molecule has 0 bridgehead atoms. The topological polar surface area (TPSA) is 134 Å². The van der Waals surface area contributed by atoms with Gasteiger partial charge >= 0.3 is 19.8 Å². The van der Waals surface area contributed by atoms with Gasteiger partial charge in [0.25, 0.3) is 0 Å². The van der Waals surface area contributed by atoms with Crippen LogP contribution in [0, 0.1) is 0 Å². The lowest BCUT2D eigenvalue weighted by Crippen LogP contribution is -2.29. The summed E-state index contributed by atoms with van der Waals surface area (Å²) >= 11 is 0. The molecule has 0 radical (unpaired) electrons. The van der Waals surface area contributed by atoms with Crippen molar-refractivity contribution in [3.63, 3.8) is 0 Å². The maximum atomic E-state index is 12.5. The van der Waals surface area contributed by atoms with E-state index < -0.39 is 26.5 Å². The van der Waals surface area contributed by atoms with E-state index in [2.05, 4.69) is 26.0 Å². The Kier molecular flexibility index (Phi) is 37.5. The number of nitrogens with two attached hydrogens (primary N) is 1. The number of rotatable bonds is 40. The molecule has 0 rings (SSSR count). The third-order valence-corrected chi connectivity index (χ3v) is 10.1. The van der Waals surface area contributed by atoms with Crippen LogP contribution in [0.5, 0.6) is 0 Å². The number of carbonyl (C=O) groups excluding carboxylic acids is 2. The number of unbranched alkanes of at least 4 members (excludes halogenated alkanes) is 25. The molecule has 0 aromatic rings. The van der Waals surface area contributed by atoms with E-state index in [1.165, 1.54) is 116 Å². The van der Waals surface area contributed by atoms with Gasteiger partial charge in [-0.25, -0.2) is 4.57 Å². The number of carbonyl (C=O) groups is 2. The molecule has 0 aromatic heterocycles. The fraction of sp³-hybridized carbons (Fsp3) is 0.902. The molecule has 3 N–H and O–H groups in total. The maximum absolute atomic E-state index is 12.5. The molecular weight excluding hydrogens is 665 g/mol. The van der Waals surface area contributed by atoms with Crippen molar-refractivity contribution in [2.24, 2.45) is 5.73 Å². The second-order valence-corrected chi connectivity index (χ2v) is 15.7. The second-order valence-electron chi connectivity index (χ2n) is 14.2. The van der Waals surface area contributed by atoms with Gasteiger partial charge in [-0.1, -0.05) is 174 Å². The highest BCUT2D eigenvalue weighted by Gasteiger charge is 2.26. The van der Waals surface area contributed by atoms with Crippen LogP contribution in [0.15, 0.2) is 12.2 Å². The smallest absolute Gasteiger partial charge is 0.462 e. The van der Waals surface area contributed by atoms with Crippen molar-refractivity contribution in [3.8, 4) is 0 Å². The SMILES string of the molecule is CCC/C=C\CCCCCCCC(=O)OC(COC(=O)CCCCCCCCCCCCCCCCCCCCCC)COP(=O)(O)OCCN. The molecule has 0 aliphatic heterocycles. The number of allylic oxidation sites excluding steroid dienone is 2. The minimum atomic E-state index is -4.37. The van der Waals surface area contributed by atoms with E-state index in [-0.39, 0.29) is 38.6 Å². The molecule has 0 amide bonds. The van der Waals surface area contributed by atoms with E-state index in [1.54, 1.807) is 0 Å². The van der Waals surface area contributed by atoms with Crippen LogP contribution in [-0.4, -0.2) is 49.3 Å². The number of esters is 2. The molecule has 0 saturated heterocycles. The van der Waals surface area contributed by atoms with Crippen LogP contribution in [0.25, 0.3) is 0 Å². The summed E-state index contributed by atoms with van der Waals surface area (Å²) in [4.78, 5) is 34.7. The van der Waals surface area contributed by atoms with Gasteiger partial charge in [0.15, 0.2) is 6.10 Å². The van der Waals surface area contributed by atoms with Crippen molar-refractivity contribution >= 4 is 19.8 Å². The summed E-state index contributed by atoms with van der Waals surface area (Å²) < 4.78 is 32.7. The average molecular weight is 746 g/mol. The van der Waals surface area contributed by atoms with Gasteiger partial charge < -0.3 is 20.1 Å². The summed E-state index contributed by atoms with van der Waals surface area (Å²) in [6, 6.07) is 0. The molecular formula is C41H80NO8P. The van der Waals surface area contributed by atoms with Crippen LogP contribution in [-0.2, 0) is 32.7 Å². The number of hydrogen-bond acceptors (Lipinski definition) is 8. The summed E-state index contributed by atoms with van der Waals surface area (Å²) in [7, 11) is -4.37. The minimum Gasteiger partial charge on any atom is -0.462 e. The Bertz CT molecular complexity index is 856. The summed E-state index contributed by atoms with van der Waals surface area (Å²) in [6.07, 6.45) is 38.3. The van der Waals surface area contributed by atoms with E-state index >= 15 is 0 Å². The van der Waals surface area contributed by atoms with Crippen molar-refractivity contribution in [1.29, 1.82) is 0 Å². The van der Waals surface area contributed by atoms with Gasteiger partial charge in [-0.15, -0.1) is 0 Å². The van der Waals surface area contributed by atoms with Crippen molar-refractivity contribution in [2.45, 2.75) is 213 Å². The minimum absolute atomic E-state index is 0.0546. The van der Waals surface area contributed by atoms with E-state index in [1.807, 2.05) is 0 Å². The zero-order valence-electron chi connectivity index (χ0n) is 33.1. The zero-order chi connectivity index (χ0) is 37.5. The summed E-state index contributed by atoms with van der Waals surface area (Å²) in [5.41, 5.74) is 5.33. The fourth-order valence-electron chi connectivity index (χ4n) is 5.99. The Morgan fingerprint density at radius 1 is 0.569 bits per heavy atom. The van der Waals surface area contributed by atoms with Gasteiger partial charge in [0.1, 0.15) is 6.61 Å². The fourth-order valence-corrected chi connectivity index (χ4v) is 6.76. The van der Waals surface area contributed by atoms with Crippen molar-refractivity contribution in [3.05, 3.63) is 12.2 Å². The first-order chi connectivity index (χ1) is 24.8. The molecule has 0 spiro atoms. The normalized spacial score (nSPS) is 13.4. The second kappa shape index (κ2) is 38.5. The Morgan fingerprint density at radius 3 is 1.47 bits per heavy atom. The largest absolute Gasteiger partial charge is 0.472 e. The highest BCUT2D eigenvalue weighted by atomic mass is 31.2. The Morgan fingerprint density at radius 2 is 1.00 bits per heavy atom. The molecule has 10 heteroatoms. The number of hydrogen-bond donors (Lipinski definition) is 2. The molecule has 0 aliphatic rings. The quantitative estimate of drug-likeness (QED) is 0.0272. The van der Waals surface area contributed by atoms with E-state index in [0.717, 1.165) is 57.8 Å². The van der Waals surface area contributed by atoms with Gasteiger partial charge in [-0.2, -0.15) is 0 Å². The lowest BCUT2D eigenvalue weighted by molar-refractivity contribution is -0.161. The summed E-state index contributed by atoms with van der Waals surface area (Å²) in [6.45, 7) is 3.68. The lowest BCUT2D eigenvalue weighted by Gasteiger charge is -2.19. The van der Waals surface area contributed by atoms with Crippen LogP contribution >= 0.6 is 7.82 Å². The average Bonchev–Trinajstić information content (AvgIpc) is 3.11. The Balaban J connectivity index is 4.03. The van der Waals surface area contributed by atoms with E-state index in [9.17, 15) is 19.0 Å². The number of phosphoric ester groups is 1. The molecule has 9 nitrogen and oxygen atoms in total. The first-order valence-electron chi connectivity index (χ1n) is 21.2. The molecule has 0 heterocycles. The number of ether oxygens (including phenoxy) is 2. The summed E-state index contributed by atoms with van der Waals surface area (Å²) in [5, 5.41) is 0. The van der Waals surface area contributed by atoms with Gasteiger partial charge in [0, 0.05) is 19.4 Å². The third kappa shape index (κ3) is 38.3. The molecule has 302 valence electrons. The molecule has 0 saturated carbocycles. The predicted octanol–water partition coefficient (Wildman–Crippen LogP) is 11.8. The molecule has 51 heavy (non-hydrogen) atoms. The zero-order valence-corrected chi connectivity index (χ0v) is 34.0. The maximum Gasteiger partial charge on any atom is 0.472 e. The van der Waals surface area contributed by atoms with Crippen molar-refractivity contribution < 1.29 is 37.6 Å². The molecule has 0 aromatic carbocycles.